The summed E-state index contributed by atoms with van der Waals surface area (Å²) in [6.07, 6.45) is -0.118. The minimum Gasteiger partial charge on any atom is -0.497 e. The van der Waals surface area contributed by atoms with Crippen molar-refractivity contribution in [3.63, 3.8) is 0 Å². The monoisotopic (exact) mass is 257 g/mol. The van der Waals surface area contributed by atoms with Crippen LogP contribution in [0.25, 0.3) is 0 Å². The SMILES string of the molecule is COc1ccc([C@H]2NC[C@@H](CCl)O2)c(OC)c1. The minimum atomic E-state index is -0.167. The fourth-order valence-corrected chi connectivity index (χ4v) is 2.02. The van der Waals surface area contributed by atoms with Gasteiger partial charge in [-0.3, -0.25) is 5.32 Å². The number of methoxy groups -OCH3 is 2. The highest BCUT2D eigenvalue weighted by atomic mass is 35.5. The third-order valence-corrected chi connectivity index (χ3v) is 3.10. The first-order valence-corrected chi connectivity index (χ1v) is 5.98. The van der Waals surface area contributed by atoms with Crippen molar-refractivity contribution < 1.29 is 14.2 Å². The molecule has 0 unspecified atom stereocenters. The van der Waals surface area contributed by atoms with Gasteiger partial charge in [-0.2, -0.15) is 0 Å². The van der Waals surface area contributed by atoms with Crippen LogP contribution < -0.4 is 14.8 Å². The van der Waals surface area contributed by atoms with E-state index < -0.39 is 0 Å². The molecule has 17 heavy (non-hydrogen) atoms. The van der Waals surface area contributed by atoms with Crippen LogP contribution in [0.3, 0.4) is 0 Å². The van der Waals surface area contributed by atoms with E-state index in [2.05, 4.69) is 5.32 Å². The molecular weight excluding hydrogens is 242 g/mol. The average molecular weight is 258 g/mol. The Labute approximate surface area is 106 Å². The van der Waals surface area contributed by atoms with Crippen LogP contribution in [0.1, 0.15) is 11.8 Å². The maximum Gasteiger partial charge on any atom is 0.138 e. The van der Waals surface area contributed by atoms with Gasteiger partial charge >= 0.3 is 0 Å². The van der Waals surface area contributed by atoms with E-state index >= 15 is 0 Å². The Kier molecular flexibility index (Phi) is 4.10. The van der Waals surface area contributed by atoms with Crippen LogP contribution in [0.5, 0.6) is 11.5 Å². The van der Waals surface area contributed by atoms with E-state index in [4.69, 9.17) is 25.8 Å². The Bertz CT molecular complexity index is 386. The van der Waals surface area contributed by atoms with E-state index in [0.29, 0.717) is 5.88 Å². The molecule has 1 aromatic carbocycles. The molecule has 1 N–H and O–H groups in total. The highest BCUT2D eigenvalue weighted by Gasteiger charge is 2.27. The van der Waals surface area contributed by atoms with Crippen LogP contribution in [-0.2, 0) is 4.74 Å². The molecule has 0 aromatic heterocycles. The quantitative estimate of drug-likeness (QED) is 0.837. The highest BCUT2D eigenvalue weighted by Crippen LogP contribution is 2.32. The summed E-state index contributed by atoms with van der Waals surface area (Å²) in [5.74, 6) is 2.00. The number of halogens is 1. The fourth-order valence-electron chi connectivity index (χ4n) is 1.84. The molecule has 0 aliphatic carbocycles. The van der Waals surface area contributed by atoms with Crippen LogP contribution in [0.2, 0.25) is 0 Å². The van der Waals surface area contributed by atoms with Gasteiger partial charge in [0.2, 0.25) is 0 Å². The highest BCUT2D eigenvalue weighted by molar-refractivity contribution is 6.18. The molecule has 1 heterocycles. The summed E-state index contributed by atoms with van der Waals surface area (Å²) in [6.45, 7) is 0.753. The van der Waals surface area contributed by atoms with Crippen molar-refractivity contribution in [1.29, 1.82) is 0 Å². The van der Waals surface area contributed by atoms with Crippen LogP contribution in [0, 0.1) is 0 Å². The number of alkyl halides is 1. The van der Waals surface area contributed by atoms with E-state index in [1.165, 1.54) is 0 Å². The molecule has 1 saturated heterocycles. The maximum absolute atomic E-state index is 5.77. The van der Waals surface area contributed by atoms with Gasteiger partial charge in [-0.05, 0) is 12.1 Å². The second kappa shape index (κ2) is 5.58. The first-order chi connectivity index (χ1) is 8.28. The Morgan fingerprint density at radius 2 is 2.24 bits per heavy atom. The number of ether oxygens (including phenoxy) is 3. The van der Waals surface area contributed by atoms with E-state index in [1.807, 2.05) is 18.2 Å². The third kappa shape index (κ3) is 2.65. The summed E-state index contributed by atoms with van der Waals surface area (Å²) >= 11 is 5.77. The van der Waals surface area contributed by atoms with Gasteiger partial charge in [0.25, 0.3) is 0 Å². The predicted octanol–water partition coefficient (Wildman–Crippen LogP) is 1.93. The van der Waals surface area contributed by atoms with Crippen molar-refractivity contribution in [3.8, 4) is 11.5 Å². The molecule has 1 aromatic rings. The van der Waals surface area contributed by atoms with Gasteiger partial charge in [0.15, 0.2) is 0 Å². The summed E-state index contributed by atoms with van der Waals surface area (Å²) in [7, 11) is 3.26. The van der Waals surface area contributed by atoms with Gasteiger partial charge in [-0.15, -0.1) is 11.6 Å². The van der Waals surface area contributed by atoms with Gasteiger partial charge in [0.1, 0.15) is 17.7 Å². The average Bonchev–Trinajstić information content (AvgIpc) is 2.86. The summed E-state index contributed by atoms with van der Waals surface area (Å²) < 4.78 is 16.2. The van der Waals surface area contributed by atoms with E-state index in [-0.39, 0.29) is 12.3 Å². The minimum absolute atomic E-state index is 0.0495. The molecule has 1 aliphatic heterocycles. The molecule has 2 rings (SSSR count). The Morgan fingerprint density at radius 3 is 2.82 bits per heavy atom. The van der Waals surface area contributed by atoms with Crippen LogP contribution >= 0.6 is 11.6 Å². The van der Waals surface area contributed by atoms with Gasteiger partial charge in [-0.25, -0.2) is 0 Å². The number of hydrogen-bond acceptors (Lipinski definition) is 4. The van der Waals surface area contributed by atoms with Crippen molar-refractivity contribution >= 4 is 11.6 Å². The molecule has 0 radical (unpaired) electrons. The lowest BCUT2D eigenvalue weighted by Gasteiger charge is -2.16. The predicted molar refractivity (Wildman–Crippen MR) is 65.9 cm³/mol. The molecule has 0 amide bonds. The topological polar surface area (TPSA) is 39.7 Å². The molecular formula is C12H16ClNO3. The standard InChI is InChI=1S/C12H16ClNO3/c1-15-8-3-4-10(11(5-8)16-2)12-14-7-9(6-13)17-12/h3-5,9,12,14H,6-7H2,1-2H3/t9-,12+/m1/s1. The Balaban J connectivity index is 2.20. The van der Waals surface area contributed by atoms with Gasteiger partial charge < -0.3 is 14.2 Å². The van der Waals surface area contributed by atoms with Gasteiger partial charge in [0, 0.05) is 24.1 Å². The first-order valence-electron chi connectivity index (χ1n) is 5.45. The third-order valence-electron chi connectivity index (χ3n) is 2.75. The molecule has 0 saturated carbocycles. The number of hydrogen-bond donors (Lipinski definition) is 1. The zero-order chi connectivity index (χ0) is 12.3. The number of nitrogens with one attached hydrogen (secondary N) is 1. The van der Waals surface area contributed by atoms with E-state index in [9.17, 15) is 0 Å². The van der Waals surface area contributed by atoms with Crippen molar-refractivity contribution in [2.45, 2.75) is 12.3 Å². The van der Waals surface area contributed by atoms with Crippen LogP contribution in [-0.4, -0.2) is 32.7 Å². The van der Waals surface area contributed by atoms with Crippen molar-refractivity contribution in [2.75, 3.05) is 26.6 Å². The zero-order valence-corrected chi connectivity index (χ0v) is 10.7. The van der Waals surface area contributed by atoms with Crippen molar-refractivity contribution in [3.05, 3.63) is 23.8 Å². The van der Waals surface area contributed by atoms with E-state index in [1.54, 1.807) is 14.2 Å². The molecule has 5 heteroatoms. The smallest absolute Gasteiger partial charge is 0.138 e. The van der Waals surface area contributed by atoms with Crippen LogP contribution in [0.15, 0.2) is 18.2 Å². The van der Waals surface area contributed by atoms with E-state index in [0.717, 1.165) is 23.6 Å². The second-order valence-electron chi connectivity index (χ2n) is 3.81. The molecule has 0 bridgehead atoms. The van der Waals surface area contributed by atoms with Crippen molar-refractivity contribution in [1.82, 2.24) is 5.32 Å². The molecule has 0 spiro atoms. The Hall–Kier alpha value is -0.970. The first kappa shape index (κ1) is 12.5. The normalized spacial score (nSPS) is 23.7. The molecule has 4 nitrogen and oxygen atoms in total. The summed E-state index contributed by atoms with van der Waals surface area (Å²) in [5, 5.41) is 3.26. The zero-order valence-electron chi connectivity index (χ0n) is 9.90. The lowest BCUT2D eigenvalue weighted by Crippen LogP contribution is -2.16. The summed E-state index contributed by atoms with van der Waals surface area (Å²) in [4.78, 5) is 0. The Morgan fingerprint density at radius 1 is 1.41 bits per heavy atom. The lowest BCUT2D eigenvalue weighted by molar-refractivity contribution is 0.0512. The van der Waals surface area contributed by atoms with Crippen molar-refractivity contribution in [2.24, 2.45) is 0 Å². The second-order valence-corrected chi connectivity index (χ2v) is 4.12. The van der Waals surface area contributed by atoms with Gasteiger partial charge in [-0.1, -0.05) is 0 Å². The molecule has 1 fully saturated rings. The number of rotatable bonds is 4. The maximum atomic E-state index is 5.77. The number of benzene rings is 1. The fraction of sp³-hybridized carbons (Fsp3) is 0.500. The summed E-state index contributed by atoms with van der Waals surface area (Å²) in [6, 6.07) is 5.66. The molecule has 2 atom stereocenters. The molecule has 94 valence electrons. The van der Waals surface area contributed by atoms with Crippen LogP contribution in [0.4, 0.5) is 0 Å². The van der Waals surface area contributed by atoms with Gasteiger partial charge in [0.05, 0.1) is 20.3 Å². The summed E-state index contributed by atoms with van der Waals surface area (Å²) in [5.41, 5.74) is 0.959. The molecule has 1 aliphatic rings. The lowest BCUT2D eigenvalue weighted by atomic mass is 10.1. The largest absolute Gasteiger partial charge is 0.497 e.